The summed E-state index contributed by atoms with van der Waals surface area (Å²) in [5, 5.41) is 5.95. The number of nitrogens with one attached hydrogen (secondary N) is 1. The van der Waals surface area contributed by atoms with E-state index in [0.29, 0.717) is 11.4 Å². The Morgan fingerprint density at radius 2 is 1.90 bits per heavy atom. The molecule has 1 aromatic heterocycles. The third-order valence-corrected chi connectivity index (χ3v) is 4.06. The van der Waals surface area contributed by atoms with E-state index in [-0.39, 0.29) is 29.2 Å². The summed E-state index contributed by atoms with van der Waals surface area (Å²) in [6, 6.07) is 6.49. The first-order chi connectivity index (χ1) is 14.7. The van der Waals surface area contributed by atoms with Gasteiger partial charge in [0.2, 0.25) is 0 Å². The summed E-state index contributed by atoms with van der Waals surface area (Å²) in [5.74, 6) is 3.38. The van der Waals surface area contributed by atoms with Gasteiger partial charge in [-0.1, -0.05) is 0 Å². The molecule has 0 aliphatic rings. The SMILES string of the molecule is Cc1ccc(N=C/C(=N\N)C(=O)NC/C(N)=C/C=C(\N)c2cc(F)ccc2F)c(C)n1. The molecule has 0 spiro atoms. The van der Waals surface area contributed by atoms with Gasteiger partial charge in [0.25, 0.3) is 5.91 Å². The lowest BCUT2D eigenvalue weighted by Crippen LogP contribution is -2.35. The van der Waals surface area contributed by atoms with Crippen LogP contribution in [0.3, 0.4) is 0 Å². The molecule has 0 aliphatic carbocycles. The first kappa shape index (κ1) is 23.2. The molecule has 1 aromatic carbocycles. The lowest BCUT2D eigenvalue weighted by Gasteiger charge is -2.06. The standard InChI is InChI=1S/C21H23F2N7O/c1-12-3-8-19(13(2)29-12)27-11-20(30-26)21(31)28-10-15(24)5-7-18(25)16-9-14(22)4-6-17(16)23/h3-9,11H,10,24-26H2,1-2H3,(H,28,31)/b15-5-,18-7-,27-11?,30-20+. The number of hydrogen-bond acceptors (Lipinski definition) is 7. The number of hydrazone groups is 1. The fourth-order valence-electron chi connectivity index (χ4n) is 2.43. The van der Waals surface area contributed by atoms with E-state index in [1.165, 1.54) is 18.4 Å². The van der Waals surface area contributed by atoms with Crippen LogP contribution in [0.1, 0.15) is 17.0 Å². The maximum absolute atomic E-state index is 13.7. The third kappa shape index (κ3) is 6.74. The van der Waals surface area contributed by atoms with Crippen LogP contribution in [0.2, 0.25) is 0 Å². The Bertz CT molecular complexity index is 1090. The molecule has 31 heavy (non-hydrogen) atoms. The molecule has 1 amide bonds. The average Bonchev–Trinajstić information content (AvgIpc) is 2.73. The Balaban J connectivity index is 2.01. The zero-order chi connectivity index (χ0) is 23.0. The second kappa shape index (κ2) is 10.6. The largest absolute Gasteiger partial charge is 0.401 e. The predicted octanol–water partition coefficient (Wildman–Crippen LogP) is 1.95. The fraction of sp³-hybridized carbons (Fsp3) is 0.143. The van der Waals surface area contributed by atoms with E-state index in [2.05, 4.69) is 20.4 Å². The number of rotatable bonds is 7. The van der Waals surface area contributed by atoms with Crippen LogP contribution in [0.15, 0.2) is 58.3 Å². The lowest BCUT2D eigenvalue weighted by atomic mass is 10.1. The van der Waals surface area contributed by atoms with Gasteiger partial charge < -0.3 is 22.6 Å². The average molecular weight is 427 g/mol. The van der Waals surface area contributed by atoms with Gasteiger partial charge in [-0.15, -0.1) is 0 Å². The summed E-state index contributed by atoms with van der Waals surface area (Å²) in [5.41, 5.74) is 13.7. The number of aryl methyl sites for hydroxylation is 2. The molecule has 7 N–H and O–H groups in total. The van der Waals surface area contributed by atoms with Crippen LogP contribution < -0.4 is 22.6 Å². The number of carbonyl (C=O) groups excluding carboxylic acids is 1. The third-order valence-electron chi connectivity index (χ3n) is 4.06. The van der Waals surface area contributed by atoms with Gasteiger partial charge in [0.05, 0.1) is 24.1 Å². The van der Waals surface area contributed by atoms with Crippen LogP contribution in [0, 0.1) is 25.5 Å². The zero-order valence-electron chi connectivity index (χ0n) is 17.1. The molecule has 0 fully saturated rings. The maximum atomic E-state index is 13.7. The molecule has 2 aromatic rings. The highest BCUT2D eigenvalue weighted by Crippen LogP contribution is 2.16. The Kier molecular flexibility index (Phi) is 7.95. The van der Waals surface area contributed by atoms with Crippen molar-refractivity contribution in [1.29, 1.82) is 0 Å². The van der Waals surface area contributed by atoms with Gasteiger partial charge in [0, 0.05) is 22.7 Å². The van der Waals surface area contributed by atoms with Crippen LogP contribution in [-0.4, -0.2) is 29.4 Å². The monoisotopic (exact) mass is 427 g/mol. The van der Waals surface area contributed by atoms with Crippen molar-refractivity contribution in [2.75, 3.05) is 6.54 Å². The van der Waals surface area contributed by atoms with E-state index in [4.69, 9.17) is 17.3 Å². The summed E-state index contributed by atoms with van der Waals surface area (Å²) in [7, 11) is 0. The van der Waals surface area contributed by atoms with E-state index < -0.39 is 17.5 Å². The highest BCUT2D eigenvalue weighted by atomic mass is 19.1. The zero-order valence-corrected chi connectivity index (χ0v) is 17.1. The molecule has 0 saturated carbocycles. The minimum absolute atomic E-state index is 0.0234. The molecule has 8 nitrogen and oxygen atoms in total. The van der Waals surface area contributed by atoms with Gasteiger partial charge in [-0.05, 0) is 56.3 Å². The molecule has 1 heterocycles. The van der Waals surface area contributed by atoms with Crippen molar-refractivity contribution in [3.05, 3.63) is 76.8 Å². The Morgan fingerprint density at radius 3 is 2.58 bits per heavy atom. The van der Waals surface area contributed by atoms with Gasteiger partial charge in [0.15, 0.2) is 5.71 Å². The van der Waals surface area contributed by atoms with Gasteiger partial charge in [0.1, 0.15) is 11.6 Å². The Labute approximate surface area is 178 Å². The van der Waals surface area contributed by atoms with Crippen LogP contribution in [0.25, 0.3) is 5.70 Å². The highest BCUT2D eigenvalue weighted by molar-refractivity contribution is 6.60. The number of aliphatic imine (C=N–C) groups is 1. The number of nitrogens with two attached hydrogens (primary N) is 3. The fourth-order valence-corrected chi connectivity index (χ4v) is 2.43. The second-order valence-corrected chi connectivity index (χ2v) is 6.50. The highest BCUT2D eigenvalue weighted by Gasteiger charge is 2.10. The molecule has 162 valence electrons. The first-order valence-corrected chi connectivity index (χ1v) is 9.13. The molecule has 0 radical (unpaired) electrons. The van der Waals surface area contributed by atoms with Crippen LogP contribution in [-0.2, 0) is 4.79 Å². The predicted molar refractivity (Wildman–Crippen MR) is 117 cm³/mol. The molecule has 0 atom stereocenters. The molecule has 0 unspecified atom stereocenters. The normalized spacial score (nSPS) is 13.0. The number of hydrogen-bond donors (Lipinski definition) is 4. The summed E-state index contributed by atoms with van der Waals surface area (Å²) >= 11 is 0. The number of halogens is 2. The molecular weight excluding hydrogens is 404 g/mol. The molecule has 2 rings (SSSR count). The summed E-state index contributed by atoms with van der Waals surface area (Å²) < 4.78 is 27.0. The molecular formula is C21H23F2N7O. The smallest absolute Gasteiger partial charge is 0.273 e. The number of benzene rings is 1. The van der Waals surface area contributed by atoms with E-state index in [0.717, 1.165) is 23.9 Å². The van der Waals surface area contributed by atoms with Gasteiger partial charge in [-0.2, -0.15) is 5.10 Å². The van der Waals surface area contributed by atoms with E-state index in [1.54, 1.807) is 19.1 Å². The van der Waals surface area contributed by atoms with Crippen molar-refractivity contribution in [3.8, 4) is 0 Å². The number of pyridine rings is 1. The maximum Gasteiger partial charge on any atom is 0.273 e. The quantitative estimate of drug-likeness (QED) is 0.231. The number of aromatic nitrogens is 1. The Morgan fingerprint density at radius 1 is 1.16 bits per heavy atom. The number of amides is 1. The minimum atomic E-state index is -0.669. The van der Waals surface area contributed by atoms with Gasteiger partial charge in [-0.3, -0.25) is 14.8 Å². The first-order valence-electron chi connectivity index (χ1n) is 9.13. The van der Waals surface area contributed by atoms with Crippen molar-refractivity contribution in [1.82, 2.24) is 10.3 Å². The van der Waals surface area contributed by atoms with Crippen molar-refractivity contribution in [2.45, 2.75) is 13.8 Å². The van der Waals surface area contributed by atoms with E-state index in [9.17, 15) is 13.6 Å². The summed E-state index contributed by atoms with van der Waals surface area (Å²) in [6.45, 7) is 3.59. The molecule has 0 saturated heterocycles. The van der Waals surface area contributed by atoms with Crippen molar-refractivity contribution in [3.63, 3.8) is 0 Å². The number of nitrogens with zero attached hydrogens (tertiary/aromatic N) is 3. The van der Waals surface area contributed by atoms with Gasteiger partial charge in [-0.25, -0.2) is 8.78 Å². The minimum Gasteiger partial charge on any atom is -0.401 e. The van der Waals surface area contributed by atoms with Crippen molar-refractivity contribution in [2.24, 2.45) is 27.4 Å². The van der Waals surface area contributed by atoms with Crippen molar-refractivity contribution >= 4 is 29.2 Å². The van der Waals surface area contributed by atoms with E-state index in [1.807, 2.05) is 6.92 Å². The van der Waals surface area contributed by atoms with Gasteiger partial charge >= 0.3 is 0 Å². The second-order valence-electron chi connectivity index (χ2n) is 6.50. The van der Waals surface area contributed by atoms with Crippen LogP contribution in [0.4, 0.5) is 14.5 Å². The summed E-state index contributed by atoms with van der Waals surface area (Å²) in [4.78, 5) is 20.7. The number of carbonyl (C=O) groups is 1. The van der Waals surface area contributed by atoms with Crippen LogP contribution in [0.5, 0.6) is 0 Å². The number of allylic oxidation sites excluding steroid dienone is 2. The molecule has 0 aliphatic heterocycles. The van der Waals surface area contributed by atoms with Crippen LogP contribution >= 0.6 is 0 Å². The lowest BCUT2D eigenvalue weighted by molar-refractivity contribution is -0.114. The Hall–Kier alpha value is -4.08. The van der Waals surface area contributed by atoms with Crippen molar-refractivity contribution < 1.29 is 13.6 Å². The summed E-state index contributed by atoms with van der Waals surface area (Å²) in [6.07, 6.45) is 3.90. The molecule has 0 bridgehead atoms. The topological polar surface area (TPSA) is 145 Å². The van der Waals surface area contributed by atoms with E-state index >= 15 is 0 Å². The molecule has 10 heteroatoms.